The molecule has 1 N–H and O–H groups in total. The molecule has 23 heavy (non-hydrogen) atoms. The van der Waals surface area contributed by atoms with Crippen LogP contribution in [0.3, 0.4) is 0 Å². The van der Waals surface area contributed by atoms with E-state index >= 15 is 0 Å². The number of ether oxygens (including phenoxy) is 1. The molecular formula is C18H29ClN2O2. The number of nitrogens with one attached hydrogen (secondary N) is 1. The summed E-state index contributed by atoms with van der Waals surface area (Å²) in [5.41, 5.74) is 1.19. The standard InChI is InChI=1S/C18H28N2O2.ClH/c1-3-11-20(16-9-10-19-14-16)18(21)8-5-12-22-17-7-4-6-15(2)13-17;/h4,6-7,13,16,19H,3,5,8-12,14H2,1-2H3;1H. The Morgan fingerprint density at radius 2 is 2.26 bits per heavy atom. The van der Waals surface area contributed by atoms with Gasteiger partial charge in [-0.3, -0.25) is 4.79 Å². The molecule has 0 aromatic heterocycles. The van der Waals surface area contributed by atoms with E-state index in [2.05, 4.69) is 30.1 Å². The lowest BCUT2D eigenvalue weighted by Gasteiger charge is -2.28. The highest BCUT2D eigenvalue weighted by atomic mass is 35.5. The number of nitrogens with zero attached hydrogens (tertiary/aromatic N) is 1. The van der Waals surface area contributed by atoms with Gasteiger partial charge in [-0.2, -0.15) is 0 Å². The summed E-state index contributed by atoms with van der Waals surface area (Å²) in [4.78, 5) is 14.5. The van der Waals surface area contributed by atoms with Crippen LogP contribution >= 0.6 is 12.4 Å². The third-order valence-electron chi connectivity index (χ3n) is 4.05. The second-order valence-electron chi connectivity index (χ2n) is 6.00. The number of hydrogen-bond donors (Lipinski definition) is 1. The zero-order chi connectivity index (χ0) is 15.8. The zero-order valence-electron chi connectivity index (χ0n) is 14.2. The molecule has 0 radical (unpaired) electrons. The van der Waals surface area contributed by atoms with E-state index in [1.165, 1.54) is 5.56 Å². The fourth-order valence-electron chi connectivity index (χ4n) is 2.92. The molecule has 1 aliphatic rings. The maximum atomic E-state index is 12.4. The van der Waals surface area contributed by atoms with Crippen molar-refractivity contribution in [2.24, 2.45) is 0 Å². The lowest BCUT2D eigenvalue weighted by molar-refractivity contribution is -0.133. The lowest BCUT2D eigenvalue weighted by Crippen LogP contribution is -2.42. The largest absolute Gasteiger partial charge is 0.494 e. The van der Waals surface area contributed by atoms with Crippen LogP contribution < -0.4 is 10.1 Å². The van der Waals surface area contributed by atoms with Crippen LogP contribution in [0.25, 0.3) is 0 Å². The van der Waals surface area contributed by atoms with Gasteiger partial charge in [0.15, 0.2) is 0 Å². The molecular weight excluding hydrogens is 312 g/mol. The highest BCUT2D eigenvalue weighted by Crippen LogP contribution is 2.14. The molecule has 1 fully saturated rings. The molecule has 0 spiro atoms. The van der Waals surface area contributed by atoms with Gasteiger partial charge < -0.3 is 15.0 Å². The van der Waals surface area contributed by atoms with Crippen LogP contribution in [0, 0.1) is 6.92 Å². The first kappa shape index (κ1) is 19.8. The lowest BCUT2D eigenvalue weighted by atomic mass is 10.1. The number of rotatable bonds is 8. The Morgan fingerprint density at radius 1 is 1.43 bits per heavy atom. The zero-order valence-corrected chi connectivity index (χ0v) is 15.0. The molecule has 1 amide bonds. The second kappa shape index (κ2) is 10.5. The smallest absolute Gasteiger partial charge is 0.222 e. The fourth-order valence-corrected chi connectivity index (χ4v) is 2.92. The summed E-state index contributed by atoms with van der Waals surface area (Å²) in [7, 11) is 0. The summed E-state index contributed by atoms with van der Waals surface area (Å²) in [6.07, 6.45) is 3.43. The molecule has 0 aliphatic carbocycles. The quantitative estimate of drug-likeness (QED) is 0.739. The van der Waals surface area contributed by atoms with Crippen LogP contribution in [0.15, 0.2) is 24.3 Å². The predicted octanol–water partition coefficient (Wildman–Crippen LogP) is 3.18. The van der Waals surface area contributed by atoms with Crippen molar-refractivity contribution in [3.63, 3.8) is 0 Å². The van der Waals surface area contributed by atoms with Crippen LogP contribution in [-0.4, -0.2) is 43.1 Å². The summed E-state index contributed by atoms with van der Waals surface area (Å²) in [6.45, 7) is 7.60. The minimum absolute atomic E-state index is 0. The molecule has 4 nitrogen and oxygen atoms in total. The maximum Gasteiger partial charge on any atom is 0.222 e. The Hall–Kier alpha value is -1.26. The second-order valence-corrected chi connectivity index (χ2v) is 6.00. The third-order valence-corrected chi connectivity index (χ3v) is 4.05. The van der Waals surface area contributed by atoms with Gasteiger partial charge in [0.2, 0.25) is 5.91 Å². The SMILES string of the molecule is CCCN(C(=O)CCCOc1cccc(C)c1)C1CCNC1.Cl. The average Bonchev–Trinajstić information content (AvgIpc) is 3.03. The molecule has 1 unspecified atom stereocenters. The van der Waals surface area contributed by atoms with Gasteiger partial charge in [0.25, 0.3) is 0 Å². The van der Waals surface area contributed by atoms with Crippen molar-refractivity contribution in [2.45, 2.75) is 45.6 Å². The Balaban J connectivity index is 0.00000264. The Morgan fingerprint density at radius 3 is 2.91 bits per heavy atom. The average molecular weight is 341 g/mol. The van der Waals surface area contributed by atoms with Gasteiger partial charge in [0.05, 0.1) is 6.61 Å². The predicted molar refractivity (Wildman–Crippen MR) is 96.4 cm³/mol. The number of halogens is 1. The van der Waals surface area contributed by atoms with Crippen molar-refractivity contribution >= 4 is 18.3 Å². The van der Waals surface area contributed by atoms with E-state index < -0.39 is 0 Å². The van der Waals surface area contributed by atoms with Crippen molar-refractivity contribution < 1.29 is 9.53 Å². The van der Waals surface area contributed by atoms with E-state index in [-0.39, 0.29) is 18.3 Å². The van der Waals surface area contributed by atoms with Crippen molar-refractivity contribution in [2.75, 3.05) is 26.2 Å². The topological polar surface area (TPSA) is 41.6 Å². The van der Waals surface area contributed by atoms with E-state index in [4.69, 9.17) is 4.74 Å². The summed E-state index contributed by atoms with van der Waals surface area (Å²) < 4.78 is 5.72. The van der Waals surface area contributed by atoms with Crippen LogP contribution in [0.4, 0.5) is 0 Å². The van der Waals surface area contributed by atoms with E-state index in [0.29, 0.717) is 19.1 Å². The fraction of sp³-hybridized carbons (Fsp3) is 0.611. The van der Waals surface area contributed by atoms with Gasteiger partial charge in [-0.1, -0.05) is 19.1 Å². The summed E-state index contributed by atoms with van der Waals surface area (Å²) in [5, 5.41) is 3.34. The molecule has 1 aliphatic heterocycles. The van der Waals surface area contributed by atoms with Gasteiger partial charge >= 0.3 is 0 Å². The molecule has 1 saturated heterocycles. The van der Waals surface area contributed by atoms with Gasteiger partial charge in [-0.15, -0.1) is 12.4 Å². The number of benzene rings is 1. The van der Waals surface area contributed by atoms with Crippen molar-refractivity contribution in [3.05, 3.63) is 29.8 Å². The highest BCUT2D eigenvalue weighted by Gasteiger charge is 2.25. The van der Waals surface area contributed by atoms with Gasteiger partial charge in [-0.05, 0) is 50.4 Å². The minimum Gasteiger partial charge on any atom is -0.494 e. The van der Waals surface area contributed by atoms with Crippen molar-refractivity contribution in [1.29, 1.82) is 0 Å². The molecule has 1 heterocycles. The highest BCUT2D eigenvalue weighted by molar-refractivity contribution is 5.85. The molecule has 0 bridgehead atoms. The number of carbonyl (C=O) groups excluding carboxylic acids is 1. The summed E-state index contributed by atoms with van der Waals surface area (Å²) in [5.74, 6) is 1.15. The van der Waals surface area contributed by atoms with Crippen LogP contribution in [0.2, 0.25) is 0 Å². The minimum atomic E-state index is 0. The molecule has 1 aromatic rings. The van der Waals surface area contributed by atoms with Crippen LogP contribution in [0.5, 0.6) is 5.75 Å². The van der Waals surface area contributed by atoms with Crippen LogP contribution in [0.1, 0.15) is 38.2 Å². The van der Waals surface area contributed by atoms with Gasteiger partial charge in [0, 0.05) is 25.6 Å². The molecule has 5 heteroatoms. The molecule has 0 saturated carbocycles. The number of aryl methyl sites for hydroxylation is 1. The van der Waals surface area contributed by atoms with Crippen molar-refractivity contribution in [3.8, 4) is 5.75 Å². The Labute approximate surface area is 146 Å². The first-order valence-electron chi connectivity index (χ1n) is 8.40. The Kier molecular flexibility index (Phi) is 9.03. The molecule has 1 aromatic carbocycles. The monoisotopic (exact) mass is 340 g/mol. The van der Waals surface area contributed by atoms with E-state index in [1.54, 1.807) is 0 Å². The number of carbonyl (C=O) groups is 1. The van der Waals surface area contributed by atoms with Crippen LogP contribution in [-0.2, 0) is 4.79 Å². The first-order valence-corrected chi connectivity index (χ1v) is 8.40. The summed E-state index contributed by atoms with van der Waals surface area (Å²) in [6, 6.07) is 8.41. The molecule has 2 rings (SSSR count). The van der Waals surface area contributed by atoms with Gasteiger partial charge in [-0.25, -0.2) is 0 Å². The van der Waals surface area contributed by atoms with Gasteiger partial charge in [0.1, 0.15) is 5.75 Å². The first-order chi connectivity index (χ1) is 10.7. The molecule has 1 atom stereocenters. The number of amides is 1. The van der Waals surface area contributed by atoms with E-state index in [9.17, 15) is 4.79 Å². The molecule has 130 valence electrons. The van der Waals surface area contributed by atoms with Crippen molar-refractivity contribution in [1.82, 2.24) is 10.2 Å². The van der Waals surface area contributed by atoms with E-state index in [1.807, 2.05) is 18.2 Å². The third kappa shape index (κ3) is 6.40. The normalized spacial score (nSPS) is 16.7. The number of hydrogen-bond acceptors (Lipinski definition) is 3. The maximum absolute atomic E-state index is 12.4. The Bertz CT molecular complexity index is 476. The van der Waals surface area contributed by atoms with E-state index in [0.717, 1.165) is 44.6 Å². The summed E-state index contributed by atoms with van der Waals surface area (Å²) >= 11 is 0.